The van der Waals surface area contributed by atoms with E-state index < -0.39 is 0 Å². The van der Waals surface area contributed by atoms with Gasteiger partial charge in [0.2, 0.25) is 0 Å². The van der Waals surface area contributed by atoms with Crippen LogP contribution in [0.2, 0.25) is 0 Å². The number of nitrogens with zero attached hydrogens (tertiary/aromatic N) is 3. The van der Waals surface area contributed by atoms with Crippen LogP contribution in [0.4, 0.5) is 0 Å². The van der Waals surface area contributed by atoms with E-state index >= 15 is 9.59 Å². The van der Waals surface area contributed by atoms with E-state index in [-0.39, 0.29) is 34.5 Å². The number of carbonyl (C=O) groups is 2. The summed E-state index contributed by atoms with van der Waals surface area (Å²) in [6.07, 6.45) is 13.0. The fraction of sp³-hybridized carbons (Fsp3) is 0.240. The Morgan fingerprint density at radius 2 is 1.33 bits per heavy atom. The Hall–Kier alpha value is -6.34. The van der Waals surface area contributed by atoms with Gasteiger partial charge in [-0.25, -0.2) is 0 Å². The van der Waals surface area contributed by atoms with Gasteiger partial charge in [-0.1, -0.05) is 43.3 Å². The van der Waals surface area contributed by atoms with Gasteiger partial charge in [-0.05, 0) is 123 Å². The van der Waals surface area contributed by atoms with Crippen molar-refractivity contribution in [2.45, 2.75) is 70.1 Å². The summed E-state index contributed by atoms with van der Waals surface area (Å²) in [5.74, 6) is 0.894. The number of hydrogen-bond acceptors (Lipinski definition) is 4. The fourth-order valence-corrected chi connectivity index (χ4v) is 11.8. The van der Waals surface area contributed by atoms with Gasteiger partial charge in [0.25, 0.3) is 11.1 Å². The first-order valence-corrected chi connectivity index (χ1v) is 20.6. The number of hydrogen-bond donors (Lipinski definition) is 0. The molecule has 2 bridgehead atoms. The lowest BCUT2D eigenvalue weighted by molar-refractivity contribution is 0.0913. The highest BCUT2D eigenvalue weighted by Crippen LogP contribution is 2.52. The maximum Gasteiger partial charge on any atom is 0.264 e. The molecular weight excluding hydrogens is 707 g/mol. The topological polar surface area (TPSA) is 82.6 Å². The number of Topliss-reactive ketones (excluding diaryl/α,β-unsaturated/α-hetero) is 2. The first kappa shape index (κ1) is 31.8. The summed E-state index contributed by atoms with van der Waals surface area (Å²) in [7, 11) is 0. The molecule has 0 saturated heterocycles. The average Bonchev–Trinajstić information content (AvgIpc) is 3.93. The van der Waals surface area contributed by atoms with E-state index in [0.29, 0.717) is 28.5 Å². The number of para-hydroxylation sites is 1. The van der Waals surface area contributed by atoms with Crippen LogP contribution in [0.1, 0.15) is 102 Å². The lowest BCUT2D eigenvalue weighted by Crippen LogP contribution is -2.25. The van der Waals surface area contributed by atoms with Crippen molar-refractivity contribution in [2.75, 3.05) is 0 Å². The maximum absolute atomic E-state index is 15.7. The number of aromatic nitrogens is 3. The van der Waals surface area contributed by atoms with Gasteiger partial charge < -0.3 is 4.40 Å². The van der Waals surface area contributed by atoms with Crippen LogP contribution < -0.4 is 11.1 Å². The van der Waals surface area contributed by atoms with Crippen LogP contribution in [-0.2, 0) is 0 Å². The summed E-state index contributed by atoms with van der Waals surface area (Å²) in [6, 6.07) is 24.3. The minimum atomic E-state index is -0.183. The molecule has 4 aliphatic carbocycles. The van der Waals surface area contributed by atoms with Gasteiger partial charge in [0.15, 0.2) is 11.6 Å². The molecule has 4 aliphatic rings. The Labute approximate surface area is 325 Å². The van der Waals surface area contributed by atoms with Crippen molar-refractivity contribution in [3.05, 3.63) is 134 Å². The monoisotopic (exact) mass is 743 g/mol. The standard InChI is InChI=1S/C50H37N3O4/c1-2-25-18-19-40(54)32-23-38-34(21-30(25)32)41-45-44-43-36(51(49(45)56)28-10-5-3-6-11-28)14-9-15-37(43)52(29-12-7-4-8-13-29)50(57)46(44)42-35-22-31-26-16-17-27(20-26)48(55)33(31)24-39(35)53(38)47(41)42/h4-5,7-15,21-27H,2-3,6,16-20H2,1H3. The summed E-state index contributed by atoms with van der Waals surface area (Å²) in [5, 5.41) is 6.04. The van der Waals surface area contributed by atoms with Gasteiger partial charge in [-0.15, -0.1) is 0 Å². The summed E-state index contributed by atoms with van der Waals surface area (Å²) in [6.45, 7) is 2.18. The van der Waals surface area contributed by atoms with Crippen LogP contribution in [0.25, 0.3) is 82.1 Å². The molecule has 7 heteroatoms. The largest absolute Gasteiger partial charge is 0.308 e. The van der Waals surface area contributed by atoms with E-state index in [1.807, 2.05) is 63.7 Å². The highest BCUT2D eigenvalue weighted by molar-refractivity contribution is 6.42. The molecule has 57 heavy (non-hydrogen) atoms. The highest BCUT2D eigenvalue weighted by Gasteiger charge is 2.40. The molecule has 1 saturated carbocycles. The van der Waals surface area contributed by atoms with Crippen LogP contribution in [0, 0.1) is 5.92 Å². The molecule has 4 aromatic heterocycles. The van der Waals surface area contributed by atoms with E-state index in [2.05, 4.69) is 47.7 Å². The summed E-state index contributed by atoms with van der Waals surface area (Å²) < 4.78 is 5.87. The van der Waals surface area contributed by atoms with Crippen molar-refractivity contribution in [3.8, 4) is 5.69 Å². The first-order valence-electron chi connectivity index (χ1n) is 20.6. The van der Waals surface area contributed by atoms with E-state index in [4.69, 9.17) is 0 Å². The van der Waals surface area contributed by atoms with E-state index in [0.717, 1.165) is 133 Å². The van der Waals surface area contributed by atoms with Crippen molar-refractivity contribution < 1.29 is 9.59 Å². The smallest absolute Gasteiger partial charge is 0.264 e. The van der Waals surface area contributed by atoms with Crippen LogP contribution in [0.5, 0.6) is 0 Å². The number of rotatable bonds is 3. The number of pyridine rings is 2. The Bertz CT molecular complexity index is 3520. The molecule has 9 aromatic rings. The molecule has 13 rings (SSSR count). The van der Waals surface area contributed by atoms with Gasteiger partial charge in [0, 0.05) is 67.2 Å². The molecule has 5 aromatic carbocycles. The zero-order valence-electron chi connectivity index (χ0n) is 31.5. The van der Waals surface area contributed by atoms with E-state index in [1.165, 1.54) is 0 Å². The number of ketones is 2. The lowest BCUT2D eigenvalue weighted by Gasteiger charge is -2.24. The molecule has 276 valence electrons. The maximum atomic E-state index is 15.7. The fourth-order valence-electron chi connectivity index (χ4n) is 11.8. The number of allylic oxidation sites excluding steroid dienone is 4. The van der Waals surface area contributed by atoms with Crippen LogP contribution in [0.15, 0.2) is 101 Å². The van der Waals surface area contributed by atoms with E-state index in [9.17, 15) is 9.59 Å². The first-order chi connectivity index (χ1) is 27.9. The van der Waals surface area contributed by atoms with Crippen molar-refractivity contribution in [3.63, 3.8) is 0 Å². The third-order valence-electron chi connectivity index (χ3n) is 14.3. The quantitative estimate of drug-likeness (QED) is 0.169. The molecule has 3 unspecified atom stereocenters. The van der Waals surface area contributed by atoms with Gasteiger partial charge in [0.1, 0.15) is 0 Å². The molecule has 0 N–H and O–H groups in total. The second-order valence-electron chi connectivity index (χ2n) is 17.0. The zero-order valence-corrected chi connectivity index (χ0v) is 31.5. The Balaban J connectivity index is 1.36. The van der Waals surface area contributed by atoms with Crippen LogP contribution in [-0.4, -0.2) is 25.1 Å². The van der Waals surface area contributed by atoms with Crippen molar-refractivity contribution >= 4 is 87.9 Å². The van der Waals surface area contributed by atoms with Gasteiger partial charge in [-0.3, -0.25) is 28.3 Å². The van der Waals surface area contributed by atoms with Crippen molar-refractivity contribution in [2.24, 2.45) is 5.92 Å². The number of fused-ring (bicyclic) bond motifs is 13. The molecular formula is C50H37N3O4. The second kappa shape index (κ2) is 10.9. The summed E-state index contributed by atoms with van der Waals surface area (Å²) >= 11 is 0. The van der Waals surface area contributed by atoms with Crippen LogP contribution >= 0.6 is 0 Å². The molecule has 0 aliphatic heterocycles. The molecule has 4 heterocycles. The summed E-state index contributed by atoms with van der Waals surface area (Å²) in [5.41, 5.74) is 8.83. The third kappa shape index (κ3) is 3.83. The lowest BCUT2D eigenvalue weighted by atomic mass is 9.79. The van der Waals surface area contributed by atoms with Gasteiger partial charge >= 0.3 is 0 Å². The van der Waals surface area contributed by atoms with Crippen molar-refractivity contribution in [1.82, 2.24) is 13.5 Å². The normalized spacial score (nSPS) is 20.7. The van der Waals surface area contributed by atoms with Gasteiger partial charge in [-0.2, -0.15) is 0 Å². The Morgan fingerprint density at radius 1 is 0.632 bits per heavy atom. The number of benzene rings is 5. The average molecular weight is 744 g/mol. The molecule has 3 atom stereocenters. The molecule has 1 fully saturated rings. The number of carbonyl (C=O) groups excluding carboxylic acids is 2. The predicted octanol–water partition coefficient (Wildman–Crippen LogP) is 10.8. The second-order valence-corrected chi connectivity index (χ2v) is 17.0. The zero-order chi connectivity index (χ0) is 38.0. The molecule has 0 radical (unpaired) electrons. The minimum absolute atomic E-state index is 0.0394. The molecule has 0 spiro atoms. The Morgan fingerprint density at radius 3 is 2.07 bits per heavy atom. The van der Waals surface area contributed by atoms with Crippen molar-refractivity contribution in [1.29, 1.82) is 0 Å². The highest BCUT2D eigenvalue weighted by atomic mass is 16.1. The summed E-state index contributed by atoms with van der Waals surface area (Å²) in [4.78, 5) is 59.3. The van der Waals surface area contributed by atoms with Crippen LogP contribution in [0.3, 0.4) is 0 Å². The Kier molecular flexibility index (Phi) is 6.11. The third-order valence-corrected chi connectivity index (χ3v) is 14.3. The molecule has 0 amide bonds. The predicted molar refractivity (Wildman–Crippen MR) is 228 cm³/mol. The van der Waals surface area contributed by atoms with Gasteiger partial charge in [0.05, 0.1) is 38.4 Å². The molecule has 7 nitrogen and oxygen atoms in total. The van der Waals surface area contributed by atoms with E-state index in [1.54, 1.807) is 0 Å². The SMILES string of the molecule is CCC1CCC(=O)c2cc3c(cc21)c1c2c(=O)n(C4=CCCC=C4)c4cccc5c4c2c(c(=O)n5-c2ccccc2)c2c4cc5c(cc4n3c12)C(=O)C1CCC5C1. The minimum Gasteiger partial charge on any atom is -0.308 e.